The van der Waals surface area contributed by atoms with Crippen molar-refractivity contribution in [3.8, 4) is 5.69 Å². The molecule has 0 saturated carbocycles. The van der Waals surface area contributed by atoms with E-state index in [-0.39, 0.29) is 0 Å². The van der Waals surface area contributed by atoms with Crippen LogP contribution in [-0.4, -0.2) is 52.1 Å². The van der Waals surface area contributed by atoms with Crippen LogP contribution in [0.1, 0.15) is 61.8 Å². The second kappa shape index (κ2) is 12.3. The molecule has 0 saturated heterocycles. The molecule has 1 amide bonds. The quantitative estimate of drug-likeness (QED) is 0.208. The summed E-state index contributed by atoms with van der Waals surface area (Å²) in [6.07, 6.45) is 3.20. The van der Waals surface area contributed by atoms with Gasteiger partial charge in [0.1, 0.15) is 10.8 Å². The number of ether oxygens (including phenoxy) is 2. The Kier molecular flexibility index (Phi) is 8.55. The minimum Gasteiger partial charge on any atom is -0.465 e. The van der Waals surface area contributed by atoms with Gasteiger partial charge in [-0.3, -0.25) is 9.36 Å². The Morgan fingerprint density at radius 3 is 2.49 bits per heavy atom. The van der Waals surface area contributed by atoms with Crippen LogP contribution in [-0.2, 0) is 27.1 Å². The summed E-state index contributed by atoms with van der Waals surface area (Å²) in [6, 6.07) is 17.1. The highest BCUT2D eigenvalue weighted by molar-refractivity contribution is 7.98. The molecule has 5 rings (SSSR count). The van der Waals surface area contributed by atoms with E-state index in [9.17, 15) is 14.4 Å². The number of carbonyl (C=O) groups is 3. The van der Waals surface area contributed by atoms with E-state index in [1.54, 1.807) is 24.3 Å². The Balaban J connectivity index is 1.28. The Bertz CT molecular complexity index is 1580. The van der Waals surface area contributed by atoms with Crippen molar-refractivity contribution in [2.45, 2.75) is 50.3 Å². The van der Waals surface area contributed by atoms with Crippen LogP contribution in [0.4, 0.5) is 5.00 Å². The van der Waals surface area contributed by atoms with Crippen LogP contribution < -0.4 is 5.32 Å². The minimum absolute atomic E-state index is 0.304. The Labute approximate surface area is 246 Å². The first-order valence-electron chi connectivity index (χ1n) is 13.2. The van der Waals surface area contributed by atoms with Crippen molar-refractivity contribution in [1.82, 2.24) is 14.8 Å². The molecule has 9 nitrogen and oxygen atoms in total. The lowest BCUT2D eigenvalue weighted by molar-refractivity contribution is -0.123. The summed E-state index contributed by atoms with van der Waals surface area (Å²) in [5, 5.41) is 12.2. The highest BCUT2D eigenvalue weighted by atomic mass is 32.2. The predicted molar refractivity (Wildman–Crippen MR) is 158 cm³/mol. The van der Waals surface area contributed by atoms with E-state index in [1.165, 1.54) is 42.7 Å². The van der Waals surface area contributed by atoms with Gasteiger partial charge >= 0.3 is 11.9 Å². The number of amides is 1. The fraction of sp³-hybridized carbons (Fsp3) is 0.300. The number of methoxy groups -OCH3 is 1. The van der Waals surface area contributed by atoms with Gasteiger partial charge in [-0.1, -0.05) is 42.1 Å². The van der Waals surface area contributed by atoms with Crippen molar-refractivity contribution >= 4 is 45.9 Å². The number of thiophene rings is 1. The molecule has 1 aliphatic rings. The standard InChI is InChI=1S/C30H30N4O5S2/c1-17(39-28(36)20-10-13-22(14-11-20)34-18(2)32-33-30(34)40-4)26(35)31-27-25(29(37)38-3)23-15-12-21(16-24(23)41-27)19-8-6-5-7-9-19/h5-11,13-14,17,21H,12,15-16H2,1-4H3,(H,31,35). The number of nitrogens with one attached hydrogen (secondary N) is 1. The lowest BCUT2D eigenvalue weighted by Crippen LogP contribution is -2.30. The van der Waals surface area contributed by atoms with Gasteiger partial charge in [0.2, 0.25) is 0 Å². The number of anilines is 1. The van der Waals surface area contributed by atoms with Crippen molar-refractivity contribution < 1.29 is 23.9 Å². The second-order valence-corrected chi connectivity index (χ2v) is 11.6. The molecule has 2 aromatic heterocycles. The van der Waals surface area contributed by atoms with Crippen molar-refractivity contribution in [2.24, 2.45) is 0 Å². The van der Waals surface area contributed by atoms with Crippen LogP contribution in [0.2, 0.25) is 0 Å². The average Bonchev–Trinajstić information content (AvgIpc) is 3.55. The monoisotopic (exact) mass is 590 g/mol. The van der Waals surface area contributed by atoms with Gasteiger partial charge in [0, 0.05) is 10.6 Å². The summed E-state index contributed by atoms with van der Waals surface area (Å²) in [4.78, 5) is 39.7. The number of hydrogen-bond donors (Lipinski definition) is 1. The van der Waals surface area contributed by atoms with Crippen molar-refractivity contribution in [3.63, 3.8) is 0 Å². The summed E-state index contributed by atoms with van der Waals surface area (Å²) in [5.41, 5.74) is 3.67. The first-order valence-corrected chi connectivity index (χ1v) is 15.2. The second-order valence-electron chi connectivity index (χ2n) is 9.70. The van der Waals surface area contributed by atoms with Gasteiger partial charge in [-0.15, -0.1) is 21.5 Å². The van der Waals surface area contributed by atoms with E-state index >= 15 is 0 Å². The fourth-order valence-electron chi connectivity index (χ4n) is 5.02. The number of rotatable bonds is 8. The maximum atomic E-state index is 13.1. The summed E-state index contributed by atoms with van der Waals surface area (Å²) in [6.45, 7) is 3.36. The van der Waals surface area contributed by atoms with Crippen LogP contribution in [0.25, 0.3) is 5.69 Å². The van der Waals surface area contributed by atoms with Crippen molar-refractivity contribution in [1.29, 1.82) is 0 Å². The zero-order valence-corrected chi connectivity index (χ0v) is 24.8. The molecule has 212 valence electrons. The Morgan fingerprint density at radius 2 is 1.80 bits per heavy atom. The third-order valence-corrected chi connectivity index (χ3v) is 8.95. The van der Waals surface area contributed by atoms with Gasteiger partial charge in [-0.25, -0.2) is 9.59 Å². The molecule has 4 aromatic rings. The van der Waals surface area contributed by atoms with Crippen LogP contribution in [0.5, 0.6) is 0 Å². The lowest BCUT2D eigenvalue weighted by Gasteiger charge is -2.22. The molecular weight excluding hydrogens is 560 g/mol. The summed E-state index contributed by atoms with van der Waals surface area (Å²) >= 11 is 2.85. The zero-order valence-electron chi connectivity index (χ0n) is 23.2. The highest BCUT2D eigenvalue weighted by Crippen LogP contribution is 2.42. The van der Waals surface area contributed by atoms with Gasteiger partial charge in [0.25, 0.3) is 5.91 Å². The summed E-state index contributed by atoms with van der Waals surface area (Å²) in [5.74, 6) is -0.582. The molecule has 0 spiro atoms. The van der Waals surface area contributed by atoms with E-state index in [2.05, 4.69) is 27.6 Å². The normalized spacial score (nSPS) is 15.1. The molecule has 0 radical (unpaired) electrons. The molecule has 0 bridgehead atoms. The molecule has 1 aliphatic carbocycles. The Morgan fingerprint density at radius 1 is 1.07 bits per heavy atom. The molecule has 0 aliphatic heterocycles. The average molecular weight is 591 g/mol. The number of nitrogens with zero attached hydrogens (tertiary/aromatic N) is 3. The molecule has 11 heteroatoms. The third kappa shape index (κ3) is 5.91. The molecule has 1 N–H and O–H groups in total. The molecule has 2 atom stereocenters. The van der Waals surface area contributed by atoms with Crippen LogP contribution in [0.15, 0.2) is 59.8 Å². The number of fused-ring (bicyclic) bond motifs is 1. The topological polar surface area (TPSA) is 112 Å². The maximum Gasteiger partial charge on any atom is 0.341 e. The number of aromatic nitrogens is 3. The Hall–Kier alpha value is -3.96. The van der Waals surface area contributed by atoms with Gasteiger partial charge in [-0.2, -0.15) is 0 Å². The number of hydrogen-bond acceptors (Lipinski definition) is 9. The van der Waals surface area contributed by atoms with Gasteiger partial charge in [0.15, 0.2) is 11.3 Å². The van der Waals surface area contributed by atoms with Crippen LogP contribution in [0.3, 0.4) is 0 Å². The highest BCUT2D eigenvalue weighted by Gasteiger charge is 2.31. The smallest absolute Gasteiger partial charge is 0.341 e. The van der Waals surface area contributed by atoms with Crippen molar-refractivity contribution in [2.75, 3.05) is 18.7 Å². The molecule has 0 fully saturated rings. The molecule has 41 heavy (non-hydrogen) atoms. The maximum absolute atomic E-state index is 13.1. The van der Waals surface area contributed by atoms with Crippen molar-refractivity contribution in [3.05, 3.63) is 87.6 Å². The zero-order chi connectivity index (χ0) is 29.1. The predicted octanol–water partition coefficient (Wildman–Crippen LogP) is 5.60. The van der Waals surface area contributed by atoms with E-state index in [0.29, 0.717) is 28.5 Å². The fourth-order valence-corrected chi connectivity index (χ4v) is 6.88. The first-order chi connectivity index (χ1) is 19.8. The lowest BCUT2D eigenvalue weighted by atomic mass is 9.83. The minimum atomic E-state index is -1.09. The molecule has 2 unspecified atom stereocenters. The van der Waals surface area contributed by atoms with Gasteiger partial charge < -0.3 is 14.8 Å². The molecule has 2 aromatic carbocycles. The summed E-state index contributed by atoms with van der Waals surface area (Å²) < 4.78 is 12.4. The summed E-state index contributed by atoms with van der Waals surface area (Å²) in [7, 11) is 1.33. The first kappa shape index (κ1) is 28.6. The third-order valence-electron chi connectivity index (χ3n) is 7.15. The number of thioether (sulfide) groups is 1. The largest absolute Gasteiger partial charge is 0.465 e. The SMILES string of the molecule is COC(=O)c1c(NC(=O)C(C)OC(=O)c2ccc(-n3c(C)nnc3SC)cc2)sc2c1CCC(c1ccccc1)C2. The number of aryl methyl sites for hydroxylation is 1. The van der Waals surface area contributed by atoms with Crippen LogP contribution in [0, 0.1) is 6.92 Å². The number of carbonyl (C=O) groups excluding carboxylic acids is 3. The van der Waals surface area contributed by atoms with E-state index in [4.69, 9.17) is 9.47 Å². The number of benzene rings is 2. The van der Waals surface area contributed by atoms with E-state index < -0.39 is 23.9 Å². The van der Waals surface area contributed by atoms with Gasteiger partial charge in [-0.05, 0) is 80.7 Å². The molecule has 2 heterocycles. The van der Waals surface area contributed by atoms with Gasteiger partial charge in [0.05, 0.1) is 18.2 Å². The number of esters is 2. The van der Waals surface area contributed by atoms with E-state index in [1.807, 2.05) is 35.9 Å². The van der Waals surface area contributed by atoms with Crippen LogP contribution >= 0.6 is 23.1 Å². The van der Waals surface area contributed by atoms with E-state index in [0.717, 1.165) is 40.0 Å². The molecular formula is C30H30N4O5S2.